The molecule has 2 aliphatic rings. The van der Waals surface area contributed by atoms with Crippen LogP contribution in [0.15, 0.2) is 12.7 Å². The van der Waals surface area contributed by atoms with E-state index in [-0.39, 0.29) is 0 Å². The van der Waals surface area contributed by atoms with Crippen LogP contribution < -0.4 is 0 Å². The number of allylic oxidation sites excluding steroid dienone is 1. The van der Waals surface area contributed by atoms with Gasteiger partial charge in [-0.25, -0.2) is 0 Å². The Labute approximate surface area is 69.7 Å². The number of hydrogen-bond donors (Lipinski definition) is 0. The van der Waals surface area contributed by atoms with Crippen LogP contribution >= 0.6 is 0 Å². The second kappa shape index (κ2) is 2.66. The van der Waals surface area contributed by atoms with Crippen molar-refractivity contribution < 1.29 is 0 Å². The van der Waals surface area contributed by atoms with Gasteiger partial charge in [0.25, 0.3) is 0 Å². The zero-order valence-corrected chi connectivity index (χ0v) is 7.31. The van der Waals surface area contributed by atoms with Crippen LogP contribution in [0.5, 0.6) is 0 Å². The minimum absolute atomic E-state index is 0.853. The fraction of sp³-hybridized carbons (Fsp3) is 0.818. The van der Waals surface area contributed by atoms with Crippen LogP contribution in [0.25, 0.3) is 0 Å². The summed E-state index contributed by atoms with van der Waals surface area (Å²) in [5.74, 6) is 0.990. The lowest BCUT2D eigenvalue weighted by Crippen LogP contribution is -2.15. The molecule has 0 saturated heterocycles. The summed E-state index contributed by atoms with van der Waals surface area (Å²) >= 11 is 0. The summed E-state index contributed by atoms with van der Waals surface area (Å²) in [6.45, 7) is 3.82. The van der Waals surface area contributed by atoms with Gasteiger partial charge in [0.2, 0.25) is 0 Å². The Morgan fingerprint density at radius 3 is 2.82 bits per heavy atom. The van der Waals surface area contributed by atoms with E-state index in [0.717, 1.165) is 11.3 Å². The van der Waals surface area contributed by atoms with Crippen LogP contribution in [-0.4, -0.2) is 0 Å². The molecule has 2 rings (SSSR count). The van der Waals surface area contributed by atoms with E-state index in [1.807, 2.05) is 0 Å². The first-order valence-corrected chi connectivity index (χ1v) is 4.96. The molecule has 62 valence electrons. The Morgan fingerprint density at radius 2 is 2.18 bits per heavy atom. The quantitative estimate of drug-likeness (QED) is 0.528. The second-order valence-corrected chi connectivity index (χ2v) is 4.49. The van der Waals surface area contributed by atoms with Crippen molar-refractivity contribution in [3.05, 3.63) is 12.7 Å². The van der Waals surface area contributed by atoms with E-state index in [4.69, 9.17) is 0 Å². The summed E-state index contributed by atoms with van der Waals surface area (Å²) in [6, 6.07) is 0. The van der Waals surface area contributed by atoms with E-state index in [9.17, 15) is 0 Å². The van der Waals surface area contributed by atoms with Crippen molar-refractivity contribution in [1.82, 2.24) is 0 Å². The largest absolute Gasteiger partial charge is 0.103 e. The number of rotatable bonds is 2. The predicted octanol–water partition coefficient (Wildman–Crippen LogP) is 3.53. The number of hydrogen-bond acceptors (Lipinski definition) is 0. The Bertz CT molecular complexity index is 153. The van der Waals surface area contributed by atoms with E-state index in [0.29, 0.717) is 0 Å². The molecule has 0 N–H and O–H groups in total. The fourth-order valence-electron chi connectivity index (χ4n) is 2.65. The second-order valence-electron chi connectivity index (χ2n) is 4.49. The molecular weight excluding hydrogens is 132 g/mol. The fourth-order valence-corrected chi connectivity index (χ4v) is 2.65. The van der Waals surface area contributed by atoms with E-state index in [2.05, 4.69) is 12.7 Å². The van der Waals surface area contributed by atoms with Crippen molar-refractivity contribution in [3.63, 3.8) is 0 Å². The Balaban J connectivity index is 1.88. The average molecular weight is 150 g/mol. The molecule has 0 aromatic heterocycles. The van der Waals surface area contributed by atoms with Crippen molar-refractivity contribution in [2.75, 3.05) is 0 Å². The van der Waals surface area contributed by atoms with E-state index in [1.54, 1.807) is 0 Å². The van der Waals surface area contributed by atoms with Gasteiger partial charge in [-0.3, -0.25) is 0 Å². The molecule has 2 aliphatic carbocycles. The highest BCUT2D eigenvalue weighted by molar-refractivity contribution is 4.97. The highest BCUT2D eigenvalue weighted by Crippen LogP contribution is 2.57. The normalized spacial score (nSPS) is 33.6. The van der Waals surface area contributed by atoms with E-state index >= 15 is 0 Å². The Morgan fingerprint density at radius 1 is 1.36 bits per heavy atom. The predicted molar refractivity (Wildman–Crippen MR) is 48.4 cm³/mol. The van der Waals surface area contributed by atoms with Crippen LogP contribution in [-0.2, 0) is 0 Å². The van der Waals surface area contributed by atoms with Crippen molar-refractivity contribution in [2.45, 2.75) is 44.9 Å². The SMILES string of the molecule is C=CCC1CCCC2(CC2)C1. The van der Waals surface area contributed by atoms with Gasteiger partial charge < -0.3 is 0 Å². The highest BCUT2D eigenvalue weighted by atomic mass is 14.5. The summed E-state index contributed by atoms with van der Waals surface area (Å²) in [5, 5.41) is 0. The first-order valence-electron chi connectivity index (χ1n) is 4.96. The zero-order valence-electron chi connectivity index (χ0n) is 7.31. The van der Waals surface area contributed by atoms with Crippen LogP contribution in [0, 0.1) is 11.3 Å². The maximum absolute atomic E-state index is 3.82. The molecule has 0 heterocycles. The third kappa shape index (κ3) is 1.50. The summed E-state index contributed by atoms with van der Waals surface area (Å²) in [7, 11) is 0. The molecular formula is C11H18. The molecule has 2 fully saturated rings. The van der Waals surface area contributed by atoms with Gasteiger partial charge in [0.15, 0.2) is 0 Å². The van der Waals surface area contributed by atoms with Gasteiger partial charge in [-0.05, 0) is 43.4 Å². The monoisotopic (exact) mass is 150 g/mol. The lowest BCUT2D eigenvalue weighted by Gasteiger charge is -2.28. The van der Waals surface area contributed by atoms with Crippen molar-refractivity contribution in [1.29, 1.82) is 0 Å². The third-order valence-corrected chi connectivity index (χ3v) is 3.50. The summed E-state index contributed by atoms with van der Waals surface area (Å²) in [5.41, 5.74) is 0.853. The summed E-state index contributed by atoms with van der Waals surface area (Å²) < 4.78 is 0. The lowest BCUT2D eigenvalue weighted by molar-refractivity contribution is 0.249. The molecule has 0 bridgehead atoms. The van der Waals surface area contributed by atoms with Gasteiger partial charge in [-0.15, -0.1) is 6.58 Å². The summed E-state index contributed by atoms with van der Waals surface area (Å²) in [6.07, 6.45) is 12.4. The van der Waals surface area contributed by atoms with Crippen LogP contribution in [0.2, 0.25) is 0 Å². The minimum atomic E-state index is 0.853. The molecule has 1 spiro atoms. The minimum Gasteiger partial charge on any atom is -0.103 e. The molecule has 11 heavy (non-hydrogen) atoms. The highest BCUT2D eigenvalue weighted by Gasteiger charge is 2.45. The molecule has 2 saturated carbocycles. The molecule has 1 unspecified atom stereocenters. The molecule has 0 aliphatic heterocycles. The average Bonchev–Trinajstić information content (AvgIpc) is 2.70. The molecule has 0 radical (unpaired) electrons. The van der Waals surface area contributed by atoms with Crippen molar-refractivity contribution in [3.8, 4) is 0 Å². The van der Waals surface area contributed by atoms with Gasteiger partial charge in [-0.1, -0.05) is 18.9 Å². The molecule has 0 amide bonds. The first-order chi connectivity index (χ1) is 5.35. The van der Waals surface area contributed by atoms with Gasteiger partial charge in [0.05, 0.1) is 0 Å². The molecule has 0 heteroatoms. The molecule has 1 atom stereocenters. The smallest absolute Gasteiger partial charge is 0.0294 e. The topological polar surface area (TPSA) is 0 Å². The maximum Gasteiger partial charge on any atom is -0.0294 e. The standard InChI is InChI=1S/C11H18/c1-2-4-10-5-3-6-11(9-10)7-8-11/h2,10H,1,3-9H2. The van der Waals surface area contributed by atoms with Gasteiger partial charge in [0.1, 0.15) is 0 Å². The molecule has 0 aromatic carbocycles. The van der Waals surface area contributed by atoms with Gasteiger partial charge >= 0.3 is 0 Å². The lowest BCUT2D eigenvalue weighted by atomic mass is 9.78. The first kappa shape index (κ1) is 7.39. The molecule has 0 aromatic rings. The van der Waals surface area contributed by atoms with Crippen molar-refractivity contribution >= 4 is 0 Å². The van der Waals surface area contributed by atoms with E-state index in [1.165, 1.54) is 44.9 Å². The van der Waals surface area contributed by atoms with Gasteiger partial charge in [0, 0.05) is 0 Å². The van der Waals surface area contributed by atoms with Crippen molar-refractivity contribution in [2.24, 2.45) is 11.3 Å². The Hall–Kier alpha value is -0.260. The maximum atomic E-state index is 3.82. The Kier molecular flexibility index (Phi) is 1.78. The third-order valence-electron chi connectivity index (χ3n) is 3.50. The van der Waals surface area contributed by atoms with E-state index < -0.39 is 0 Å². The summed E-state index contributed by atoms with van der Waals surface area (Å²) in [4.78, 5) is 0. The van der Waals surface area contributed by atoms with Crippen LogP contribution in [0.3, 0.4) is 0 Å². The molecule has 0 nitrogen and oxygen atoms in total. The van der Waals surface area contributed by atoms with Crippen LogP contribution in [0.4, 0.5) is 0 Å². The van der Waals surface area contributed by atoms with Crippen LogP contribution in [0.1, 0.15) is 44.9 Å². The zero-order chi connectivity index (χ0) is 7.73. The van der Waals surface area contributed by atoms with Gasteiger partial charge in [-0.2, -0.15) is 0 Å².